The van der Waals surface area contributed by atoms with E-state index >= 15 is 0 Å². The monoisotopic (exact) mass is 199 g/mol. The first-order valence-electron chi connectivity index (χ1n) is 6.15. The van der Waals surface area contributed by atoms with E-state index in [4.69, 9.17) is 0 Å². The van der Waals surface area contributed by atoms with Crippen LogP contribution in [0.2, 0.25) is 0 Å². The second kappa shape index (κ2) is 6.41. The average Bonchev–Trinajstić information content (AvgIpc) is 2.17. The zero-order chi connectivity index (χ0) is 10.4. The van der Waals surface area contributed by atoms with Crippen LogP contribution in [0.15, 0.2) is 0 Å². The van der Waals surface area contributed by atoms with Gasteiger partial charge in [0.2, 0.25) is 0 Å². The minimum Gasteiger partial charge on any atom is -0.393 e. The fraction of sp³-hybridized carbons (Fsp3) is 1.00. The molecule has 0 aromatic heterocycles. The van der Waals surface area contributed by atoms with Crippen LogP contribution in [0.1, 0.15) is 52.4 Å². The minimum absolute atomic E-state index is 0.0509. The fourth-order valence-electron chi connectivity index (χ4n) is 2.31. The first-order valence-corrected chi connectivity index (χ1v) is 6.15. The Kier molecular flexibility index (Phi) is 5.49. The van der Waals surface area contributed by atoms with Crippen molar-refractivity contribution in [2.45, 2.75) is 64.5 Å². The summed E-state index contributed by atoms with van der Waals surface area (Å²) in [7, 11) is 0. The molecule has 1 rings (SSSR count). The van der Waals surface area contributed by atoms with Gasteiger partial charge >= 0.3 is 0 Å². The standard InChI is InChI=1S/C12H25NO/c1-3-6-10(2)13-9-11-7-4-5-8-12(11)14/h10-14H,3-9H2,1-2H3. The molecule has 0 bridgehead atoms. The highest BCUT2D eigenvalue weighted by Gasteiger charge is 2.22. The molecule has 2 N–H and O–H groups in total. The van der Waals surface area contributed by atoms with E-state index in [-0.39, 0.29) is 6.10 Å². The summed E-state index contributed by atoms with van der Waals surface area (Å²) in [6, 6.07) is 0.606. The molecule has 0 heterocycles. The van der Waals surface area contributed by atoms with Crippen molar-refractivity contribution in [2.75, 3.05) is 6.54 Å². The summed E-state index contributed by atoms with van der Waals surface area (Å²) < 4.78 is 0. The van der Waals surface area contributed by atoms with Gasteiger partial charge in [0.15, 0.2) is 0 Å². The van der Waals surface area contributed by atoms with Gasteiger partial charge in [0.25, 0.3) is 0 Å². The maximum Gasteiger partial charge on any atom is 0.0580 e. The summed E-state index contributed by atoms with van der Waals surface area (Å²) in [5.74, 6) is 0.503. The summed E-state index contributed by atoms with van der Waals surface area (Å²) in [5.41, 5.74) is 0. The highest BCUT2D eigenvalue weighted by molar-refractivity contribution is 4.77. The van der Waals surface area contributed by atoms with Crippen LogP contribution in [0.5, 0.6) is 0 Å². The van der Waals surface area contributed by atoms with Gasteiger partial charge < -0.3 is 10.4 Å². The summed E-state index contributed by atoms with van der Waals surface area (Å²) in [5, 5.41) is 13.3. The van der Waals surface area contributed by atoms with Gasteiger partial charge in [0.1, 0.15) is 0 Å². The molecule has 0 aromatic rings. The number of aliphatic hydroxyl groups is 1. The lowest BCUT2D eigenvalue weighted by Gasteiger charge is -2.28. The van der Waals surface area contributed by atoms with Crippen LogP contribution in [0.3, 0.4) is 0 Å². The molecular formula is C12H25NO. The molecular weight excluding hydrogens is 174 g/mol. The fourth-order valence-corrected chi connectivity index (χ4v) is 2.31. The Bertz CT molecular complexity index is 149. The van der Waals surface area contributed by atoms with Crippen LogP contribution in [0, 0.1) is 5.92 Å². The van der Waals surface area contributed by atoms with E-state index in [1.165, 1.54) is 32.1 Å². The Morgan fingerprint density at radius 3 is 2.71 bits per heavy atom. The number of aliphatic hydroxyl groups excluding tert-OH is 1. The minimum atomic E-state index is -0.0509. The summed E-state index contributed by atoms with van der Waals surface area (Å²) in [6.07, 6.45) is 7.14. The van der Waals surface area contributed by atoms with Gasteiger partial charge in [-0.25, -0.2) is 0 Å². The van der Waals surface area contributed by atoms with Crippen LogP contribution in [0.25, 0.3) is 0 Å². The van der Waals surface area contributed by atoms with Crippen LogP contribution in [-0.2, 0) is 0 Å². The van der Waals surface area contributed by atoms with Gasteiger partial charge in [-0.05, 0) is 32.1 Å². The smallest absolute Gasteiger partial charge is 0.0580 e. The van der Waals surface area contributed by atoms with Gasteiger partial charge in [0.05, 0.1) is 6.10 Å². The Hall–Kier alpha value is -0.0800. The molecule has 84 valence electrons. The first kappa shape index (κ1) is 12.0. The first-order chi connectivity index (χ1) is 6.74. The molecule has 3 unspecified atom stereocenters. The largest absolute Gasteiger partial charge is 0.393 e. The number of hydrogen-bond donors (Lipinski definition) is 2. The van der Waals surface area contributed by atoms with E-state index in [2.05, 4.69) is 19.2 Å². The molecule has 0 saturated heterocycles. The Morgan fingerprint density at radius 1 is 1.36 bits per heavy atom. The molecule has 2 heteroatoms. The molecule has 1 saturated carbocycles. The third-order valence-electron chi connectivity index (χ3n) is 3.32. The number of hydrogen-bond acceptors (Lipinski definition) is 2. The highest BCUT2D eigenvalue weighted by atomic mass is 16.3. The zero-order valence-electron chi connectivity index (χ0n) is 9.63. The van der Waals surface area contributed by atoms with Gasteiger partial charge in [-0.15, -0.1) is 0 Å². The molecule has 2 nitrogen and oxygen atoms in total. The van der Waals surface area contributed by atoms with Crippen molar-refractivity contribution in [3.8, 4) is 0 Å². The van der Waals surface area contributed by atoms with Crippen molar-refractivity contribution in [2.24, 2.45) is 5.92 Å². The van der Waals surface area contributed by atoms with E-state index in [0.717, 1.165) is 13.0 Å². The Balaban J connectivity index is 2.15. The van der Waals surface area contributed by atoms with Gasteiger partial charge in [0, 0.05) is 12.6 Å². The maximum atomic E-state index is 9.77. The van der Waals surface area contributed by atoms with Crippen molar-refractivity contribution in [3.05, 3.63) is 0 Å². The van der Waals surface area contributed by atoms with Crippen molar-refractivity contribution < 1.29 is 5.11 Å². The third kappa shape index (κ3) is 3.97. The molecule has 1 aliphatic carbocycles. The molecule has 0 aliphatic heterocycles. The highest BCUT2D eigenvalue weighted by Crippen LogP contribution is 2.23. The van der Waals surface area contributed by atoms with E-state index in [0.29, 0.717) is 12.0 Å². The van der Waals surface area contributed by atoms with Gasteiger partial charge in [-0.1, -0.05) is 26.2 Å². The third-order valence-corrected chi connectivity index (χ3v) is 3.32. The van der Waals surface area contributed by atoms with E-state index < -0.39 is 0 Å². The van der Waals surface area contributed by atoms with Crippen LogP contribution in [-0.4, -0.2) is 23.8 Å². The normalized spacial score (nSPS) is 30.2. The predicted octanol–water partition coefficient (Wildman–Crippen LogP) is 2.32. The summed E-state index contributed by atoms with van der Waals surface area (Å²) in [6.45, 7) is 5.45. The molecule has 3 atom stereocenters. The van der Waals surface area contributed by atoms with Gasteiger partial charge in [-0.3, -0.25) is 0 Å². The second-order valence-corrected chi connectivity index (χ2v) is 4.71. The van der Waals surface area contributed by atoms with Crippen LogP contribution >= 0.6 is 0 Å². The lowest BCUT2D eigenvalue weighted by Crippen LogP contribution is -2.37. The van der Waals surface area contributed by atoms with Crippen molar-refractivity contribution in [3.63, 3.8) is 0 Å². The quantitative estimate of drug-likeness (QED) is 0.712. The number of rotatable bonds is 5. The van der Waals surface area contributed by atoms with Crippen LogP contribution < -0.4 is 5.32 Å². The Labute approximate surface area is 88.1 Å². The molecule has 14 heavy (non-hydrogen) atoms. The lowest BCUT2D eigenvalue weighted by atomic mass is 9.86. The van der Waals surface area contributed by atoms with E-state index in [1.54, 1.807) is 0 Å². The molecule has 0 spiro atoms. The second-order valence-electron chi connectivity index (χ2n) is 4.71. The number of nitrogens with one attached hydrogen (secondary N) is 1. The Morgan fingerprint density at radius 2 is 2.07 bits per heavy atom. The average molecular weight is 199 g/mol. The topological polar surface area (TPSA) is 32.3 Å². The summed E-state index contributed by atoms with van der Waals surface area (Å²) >= 11 is 0. The molecule has 1 aliphatic rings. The van der Waals surface area contributed by atoms with E-state index in [1.807, 2.05) is 0 Å². The molecule has 0 aromatic carbocycles. The maximum absolute atomic E-state index is 9.77. The predicted molar refractivity (Wildman–Crippen MR) is 60.3 cm³/mol. The zero-order valence-corrected chi connectivity index (χ0v) is 9.63. The lowest BCUT2D eigenvalue weighted by molar-refractivity contribution is 0.0682. The SMILES string of the molecule is CCCC(C)NCC1CCCCC1O. The van der Waals surface area contributed by atoms with Crippen LogP contribution in [0.4, 0.5) is 0 Å². The molecule has 1 fully saturated rings. The van der Waals surface area contributed by atoms with Gasteiger partial charge in [-0.2, -0.15) is 0 Å². The summed E-state index contributed by atoms with van der Waals surface area (Å²) in [4.78, 5) is 0. The van der Waals surface area contributed by atoms with Crippen molar-refractivity contribution in [1.29, 1.82) is 0 Å². The molecule has 0 radical (unpaired) electrons. The van der Waals surface area contributed by atoms with E-state index in [9.17, 15) is 5.11 Å². The van der Waals surface area contributed by atoms with Crippen molar-refractivity contribution >= 4 is 0 Å². The molecule has 0 amide bonds. The van der Waals surface area contributed by atoms with Crippen molar-refractivity contribution in [1.82, 2.24) is 5.32 Å².